The van der Waals surface area contributed by atoms with Gasteiger partial charge in [-0.2, -0.15) is 5.10 Å². The molecule has 0 radical (unpaired) electrons. The van der Waals surface area contributed by atoms with Crippen molar-refractivity contribution in [2.45, 2.75) is 19.4 Å². The maximum Gasteiger partial charge on any atom is 0.343 e. The topological polar surface area (TPSA) is 71.0 Å². The summed E-state index contributed by atoms with van der Waals surface area (Å²) >= 11 is 0. The normalized spacial score (nSPS) is 14.8. The number of hydrogen-bond donors (Lipinski definition) is 1. The van der Waals surface area contributed by atoms with Gasteiger partial charge in [0, 0.05) is 13.1 Å². The van der Waals surface area contributed by atoms with Gasteiger partial charge in [-0.3, -0.25) is 9.36 Å². The van der Waals surface area contributed by atoms with E-state index in [2.05, 4.69) is 10.2 Å². The highest BCUT2D eigenvalue weighted by Crippen LogP contribution is 2.20. The number of nitrogens with one attached hydrogen (secondary N) is 1. The van der Waals surface area contributed by atoms with E-state index in [0.717, 1.165) is 17.7 Å². The van der Waals surface area contributed by atoms with Crippen molar-refractivity contribution in [3.05, 3.63) is 57.8 Å². The van der Waals surface area contributed by atoms with Gasteiger partial charge in [-0.15, -0.1) is 0 Å². The maximum absolute atomic E-state index is 13.2. The molecule has 1 aliphatic rings. The number of nitrogens with zero attached hydrogens (tertiary/aromatic N) is 3. The van der Waals surface area contributed by atoms with Gasteiger partial charge in [0.2, 0.25) is 5.91 Å². The van der Waals surface area contributed by atoms with Gasteiger partial charge in [-0.1, -0.05) is 17.7 Å². The number of H-pyrrole nitrogens is 1. The van der Waals surface area contributed by atoms with E-state index in [1.54, 1.807) is 4.90 Å². The van der Waals surface area contributed by atoms with Crippen LogP contribution in [0.15, 0.2) is 34.9 Å². The third kappa shape index (κ3) is 3.58. The molecule has 0 spiro atoms. The highest BCUT2D eigenvalue weighted by Gasteiger charge is 2.19. The Labute approximate surface area is 136 Å². The van der Waals surface area contributed by atoms with Crippen molar-refractivity contribution >= 4 is 12.0 Å². The Balaban J connectivity index is 1.60. The monoisotopic (exact) mass is 334 g/mol. The van der Waals surface area contributed by atoms with Crippen LogP contribution >= 0.6 is 0 Å². The smallest absolute Gasteiger partial charge is 0.341 e. The zero-order valence-corrected chi connectivity index (χ0v) is 12.8. The van der Waals surface area contributed by atoms with Crippen LogP contribution in [0.2, 0.25) is 0 Å². The number of rotatable bonds is 3. The lowest BCUT2D eigenvalue weighted by Crippen LogP contribution is -2.39. The van der Waals surface area contributed by atoms with E-state index >= 15 is 0 Å². The average molecular weight is 334 g/mol. The molecular formula is C16H16F2N4O2. The minimum atomic E-state index is -0.873. The van der Waals surface area contributed by atoms with Crippen LogP contribution in [0.4, 0.5) is 8.78 Å². The molecular weight excluding hydrogens is 318 g/mol. The Morgan fingerprint density at radius 1 is 1.25 bits per heavy atom. The number of aromatic amines is 1. The molecule has 6 nitrogen and oxygen atoms in total. The van der Waals surface area contributed by atoms with Crippen molar-refractivity contribution in [1.82, 2.24) is 19.7 Å². The molecule has 24 heavy (non-hydrogen) atoms. The lowest BCUT2D eigenvalue weighted by Gasteiger charge is -2.28. The minimum absolute atomic E-state index is 0.0441. The molecule has 1 aromatic heterocycles. The number of likely N-dealkylation sites (tertiary alicyclic amines) is 1. The van der Waals surface area contributed by atoms with E-state index in [1.165, 1.54) is 17.0 Å². The molecule has 1 N–H and O–H groups in total. The standard InChI is InChI=1S/C16H16F2N4O2/c17-13-2-1-12(8-14(13)18)7-11-3-5-21(6-4-11)15(23)9-22-10-19-20-16(22)24/h1-2,7-8,10H,3-6,9H2,(H,20,24). The minimum Gasteiger partial charge on any atom is -0.341 e. The molecule has 2 heterocycles. The number of amides is 1. The molecule has 0 unspecified atom stereocenters. The maximum atomic E-state index is 13.2. The van der Waals surface area contributed by atoms with Crippen LogP contribution in [0.3, 0.4) is 0 Å². The number of aromatic nitrogens is 3. The molecule has 0 saturated carbocycles. The number of carbonyl (C=O) groups is 1. The quantitative estimate of drug-likeness (QED) is 0.926. The Bertz CT molecular complexity index is 831. The van der Waals surface area contributed by atoms with Crippen LogP contribution in [-0.4, -0.2) is 38.7 Å². The molecule has 1 aliphatic heterocycles. The molecule has 0 bridgehead atoms. The Kier molecular flexibility index (Phi) is 4.54. The van der Waals surface area contributed by atoms with E-state index in [-0.39, 0.29) is 12.5 Å². The van der Waals surface area contributed by atoms with Crippen molar-refractivity contribution in [2.24, 2.45) is 0 Å². The fraction of sp³-hybridized carbons (Fsp3) is 0.312. The molecule has 1 fully saturated rings. The summed E-state index contributed by atoms with van der Waals surface area (Å²) in [4.78, 5) is 25.2. The van der Waals surface area contributed by atoms with Gasteiger partial charge in [-0.25, -0.2) is 18.7 Å². The van der Waals surface area contributed by atoms with Crippen LogP contribution in [0.1, 0.15) is 18.4 Å². The first-order valence-electron chi connectivity index (χ1n) is 7.55. The first kappa shape index (κ1) is 16.1. The van der Waals surface area contributed by atoms with Crippen LogP contribution in [0.5, 0.6) is 0 Å². The number of benzene rings is 1. The van der Waals surface area contributed by atoms with Gasteiger partial charge >= 0.3 is 5.69 Å². The summed E-state index contributed by atoms with van der Waals surface area (Å²) in [6.45, 7) is 1.01. The van der Waals surface area contributed by atoms with Crippen LogP contribution in [0.25, 0.3) is 6.08 Å². The van der Waals surface area contributed by atoms with Gasteiger partial charge < -0.3 is 4.90 Å². The molecule has 126 valence electrons. The van der Waals surface area contributed by atoms with Gasteiger partial charge in [0.1, 0.15) is 12.9 Å². The fourth-order valence-corrected chi connectivity index (χ4v) is 2.65. The summed E-state index contributed by atoms with van der Waals surface area (Å²) < 4.78 is 27.4. The zero-order chi connectivity index (χ0) is 17.1. The predicted octanol–water partition coefficient (Wildman–Crippen LogP) is 1.56. The number of hydrogen-bond acceptors (Lipinski definition) is 3. The Morgan fingerprint density at radius 3 is 2.62 bits per heavy atom. The first-order chi connectivity index (χ1) is 11.5. The summed E-state index contributed by atoms with van der Waals surface area (Å²) in [5.74, 6) is -1.89. The highest BCUT2D eigenvalue weighted by molar-refractivity contribution is 5.76. The fourth-order valence-electron chi connectivity index (χ4n) is 2.65. The Hall–Kier alpha value is -2.77. The summed E-state index contributed by atoms with van der Waals surface area (Å²) in [7, 11) is 0. The van der Waals surface area contributed by atoms with E-state index in [4.69, 9.17) is 0 Å². The van der Waals surface area contributed by atoms with E-state index in [1.807, 2.05) is 6.08 Å². The average Bonchev–Trinajstić information content (AvgIpc) is 2.97. The van der Waals surface area contributed by atoms with E-state index < -0.39 is 17.3 Å². The largest absolute Gasteiger partial charge is 0.343 e. The van der Waals surface area contributed by atoms with Crippen LogP contribution in [0, 0.1) is 11.6 Å². The van der Waals surface area contributed by atoms with E-state index in [0.29, 0.717) is 31.5 Å². The van der Waals surface area contributed by atoms with Crippen LogP contribution in [-0.2, 0) is 11.3 Å². The van der Waals surface area contributed by atoms with Gasteiger partial charge in [-0.05, 0) is 30.5 Å². The second-order valence-corrected chi connectivity index (χ2v) is 5.65. The van der Waals surface area contributed by atoms with Crippen molar-refractivity contribution in [2.75, 3.05) is 13.1 Å². The summed E-state index contributed by atoms with van der Waals surface area (Å²) in [6.07, 6.45) is 4.43. The molecule has 0 aliphatic carbocycles. The SMILES string of the molecule is O=C(Cn1cn[nH]c1=O)N1CCC(=Cc2ccc(F)c(F)c2)CC1. The van der Waals surface area contributed by atoms with Crippen molar-refractivity contribution in [3.8, 4) is 0 Å². The summed E-state index contributed by atoms with van der Waals surface area (Å²) in [5.41, 5.74) is 1.26. The molecule has 3 rings (SSSR count). The predicted molar refractivity (Wildman–Crippen MR) is 83.0 cm³/mol. The third-order valence-electron chi connectivity index (χ3n) is 4.00. The lowest BCUT2D eigenvalue weighted by molar-refractivity contribution is -0.132. The van der Waals surface area contributed by atoms with Crippen LogP contribution < -0.4 is 5.69 Å². The first-order valence-corrected chi connectivity index (χ1v) is 7.55. The number of carbonyl (C=O) groups excluding carboxylic acids is 1. The second-order valence-electron chi connectivity index (χ2n) is 5.65. The molecule has 0 atom stereocenters. The lowest BCUT2D eigenvalue weighted by atomic mass is 10.0. The molecule has 1 aromatic carbocycles. The van der Waals surface area contributed by atoms with Crippen molar-refractivity contribution < 1.29 is 13.6 Å². The van der Waals surface area contributed by atoms with E-state index in [9.17, 15) is 18.4 Å². The summed E-state index contributed by atoms with van der Waals surface area (Å²) in [6, 6.07) is 3.78. The van der Waals surface area contributed by atoms with Gasteiger partial charge in [0.25, 0.3) is 0 Å². The zero-order valence-electron chi connectivity index (χ0n) is 12.8. The molecule has 2 aromatic rings. The van der Waals surface area contributed by atoms with Crippen molar-refractivity contribution in [3.63, 3.8) is 0 Å². The third-order valence-corrected chi connectivity index (χ3v) is 4.00. The molecule has 8 heteroatoms. The van der Waals surface area contributed by atoms with Gasteiger partial charge in [0.05, 0.1) is 0 Å². The summed E-state index contributed by atoms with van der Waals surface area (Å²) in [5, 5.41) is 5.82. The molecule has 1 saturated heterocycles. The molecule has 1 amide bonds. The Morgan fingerprint density at radius 2 is 2.00 bits per heavy atom. The highest BCUT2D eigenvalue weighted by atomic mass is 19.2. The number of halogens is 2. The number of piperidine rings is 1. The van der Waals surface area contributed by atoms with Gasteiger partial charge in [0.15, 0.2) is 11.6 Å². The van der Waals surface area contributed by atoms with Crippen molar-refractivity contribution in [1.29, 1.82) is 0 Å². The second kappa shape index (κ2) is 6.77.